The third kappa shape index (κ3) is 3.93. The van der Waals surface area contributed by atoms with E-state index in [9.17, 15) is 26.7 Å². The van der Waals surface area contributed by atoms with E-state index in [2.05, 4.69) is 19.9 Å². The standard InChI is InChI=1S/C19H17F5N6O/c1-10-26-14-13(11-3-4-12(25-9-11)19(22,23)24)27-17(28-15(14)16(31)29(10)2)30-7-5-18(20,21)6-8-30/h3-4,9H,5-8H2,1-2H3. The highest BCUT2D eigenvalue weighted by molar-refractivity contribution is 5.89. The largest absolute Gasteiger partial charge is 0.433 e. The highest BCUT2D eigenvalue weighted by Gasteiger charge is 2.35. The molecule has 0 spiro atoms. The van der Waals surface area contributed by atoms with E-state index in [4.69, 9.17) is 0 Å². The van der Waals surface area contributed by atoms with Gasteiger partial charge in [0, 0.05) is 44.7 Å². The number of aryl methyl sites for hydroxylation is 1. The Labute approximate surface area is 172 Å². The topological polar surface area (TPSA) is 76.8 Å². The highest BCUT2D eigenvalue weighted by atomic mass is 19.4. The molecule has 0 atom stereocenters. The summed E-state index contributed by atoms with van der Waals surface area (Å²) in [5, 5.41) is 0. The second kappa shape index (κ2) is 7.20. The summed E-state index contributed by atoms with van der Waals surface area (Å²) in [4.78, 5) is 30.7. The van der Waals surface area contributed by atoms with Gasteiger partial charge < -0.3 is 4.90 Å². The summed E-state index contributed by atoms with van der Waals surface area (Å²) in [6, 6.07) is 1.98. The summed E-state index contributed by atoms with van der Waals surface area (Å²) in [7, 11) is 1.51. The Hall–Kier alpha value is -3.18. The maximum absolute atomic E-state index is 13.6. The van der Waals surface area contributed by atoms with Crippen LogP contribution in [0.3, 0.4) is 0 Å². The van der Waals surface area contributed by atoms with Gasteiger partial charge in [-0.05, 0) is 19.1 Å². The summed E-state index contributed by atoms with van der Waals surface area (Å²) in [6.07, 6.45) is -4.40. The van der Waals surface area contributed by atoms with Crippen LogP contribution in [0.2, 0.25) is 0 Å². The van der Waals surface area contributed by atoms with Gasteiger partial charge in [-0.3, -0.25) is 14.3 Å². The number of fused-ring (bicyclic) bond motifs is 1. The predicted molar refractivity (Wildman–Crippen MR) is 102 cm³/mol. The molecule has 12 heteroatoms. The predicted octanol–water partition coefficient (Wildman–Crippen LogP) is 3.35. The first-order chi connectivity index (χ1) is 14.5. The molecule has 3 aromatic rings. The molecule has 0 saturated carbocycles. The van der Waals surface area contributed by atoms with Crippen LogP contribution in [-0.2, 0) is 13.2 Å². The second-order valence-corrected chi connectivity index (χ2v) is 7.37. The van der Waals surface area contributed by atoms with Crippen molar-refractivity contribution in [2.24, 2.45) is 7.05 Å². The molecule has 7 nitrogen and oxygen atoms in total. The van der Waals surface area contributed by atoms with Gasteiger partial charge in [0.05, 0.1) is 0 Å². The molecule has 1 saturated heterocycles. The Morgan fingerprint density at radius 1 is 1.03 bits per heavy atom. The average Bonchev–Trinajstić information content (AvgIpc) is 2.71. The lowest BCUT2D eigenvalue weighted by molar-refractivity contribution is -0.141. The number of hydrogen-bond donors (Lipinski definition) is 0. The molecule has 0 amide bonds. The quantitative estimate of drug-likeness (QED) is 0.569. The van der Waals surface area contributed by atoms with Crippen molar-refractivity contribution in [1.29, 1.82) is 0 Å². The van der Waals surface area contributed by atoms with Crippen molar-refractivity contribution in [1.82, 2.24) is 24.5 Å². The van der Waals surface area contributed by atoms with Crippen molar-refractivity contribution in [3.63, 3.8) is 0 Å². The van der Waals surface area contributed by atoms with Crippen LogP contribution < -0.4 is 10.5 Å². The minimum Gasteiger partial charge on any atom is -0.340 e. The molecule has 0 aliphatic carbocycles. The minimum absolute atomic E-state index is 0.0250. The van der Waals surface area contributed by atoms with E-state index in [0.717, 1.165) is 12.3 Å². The van der Waals surface area contributed by atoms with Crippen molar-refractivity contribution < 1.29 is 22.0 Å². The molecule has 4 rings (SSSR count). The molecular weight excluding hydrogens is 423 g/mol. The van der Waals surface area contributed by atoms with E-state index in [1.54, 1.807) is 6.92 Å². The number of alkyl halides is 5. The molecule has 0 radical (unpaired) electrons. The summed E-state index contributed by atoms with van der Waals surface area (Å²) < 4.78 is 67.0. The second-order valence-electron chi connectivity index (χ2n) is 7.37. The van der Waals surface area contributed by atoms with Crippen LogP contribution >= 0.6 is 0 Å². The fraction of sp³-hybridized carbons (Fsp3) is 0.421. The van der Waals surface area contributed by atoms with E-state index >= 15 is 0 Å². The third-order valence-electron chi connectivity index (χ3n) is 5.24. The van der Waals surface area contributed by atoms with Gasteiger partial charge in [-0.2, -0.15) is 13.2 Å². The fourth-order valence-electron chi connectivity index (χ4n) is 3.32. The van der Waals surface area contributed by atoms with E-state index in [1.165, 1.54) is 22.6 Å². The zero-order valence-electron chi connectivity index (χ0n) is 16.5. The van der Waals surface area contributed by atoms with Gasteiger partial charge in [-0.1, -0.05) is 0 Å². The number of anilines is 1. The molecule has 1 aliphatic heterocycles. The van der Waals surface area contributed by atoms with E-state index in [0.29, 0.717) is 5.82 Å². The van der Waals surface area contributed by atoms with E-state index < -0.39 is 36.2 Å². The number of aromatic nitrogens is 5. The Balaban J connectivity index is 1.89. The number of piperidine rings is 1. The minimum atomic E-state index is -4.61. The molecule has 1 aliphatic rings. The maximum atomic E-state index is 13.6. The van der Waals surface area contributed by atoms with Gasteiger partial charge in [0.2, 0.25) is 5.95 Å². The normalized spacial score (nSPS) is 16.7. The van der Waals surface area contributed by atoms with Gasteiger partial charge in [0.25, 0.3) is 11.5 Å². The molecule has 4 heterocycles. The summed E-state index contributed by atoms with van der Waals surface area (Å²) in [6.45, 7) is 1.54. The first-order valence-corrected chi connectivity index (χ1v) is 9.38. The lowest BCUT2D eigenvalue weighted by Gasteiger charge is -2.32. The third-order valence-corrected chi connectivity index (χ3v) is 5.24. The van der Waals surface area contributed by atoms with Crippen molar-refractivity contribution >= 4 is 17.0 Å². The van der Waals surface area contributed by atoms with Crippen LogP contribution in [0.25, 0.3) is 22.3 Å². The molecule has 31 heavy (non-hydrogen) atoms. The van der Waals surface area contributed by atoms with Gasteiger partial charge in [0.1, 0.15) is 22.7 Å². The van der Waals surface area contributed by atoms with Crippen LogP contribution in [0, 0.1) is 6.92 Å². The smallest absolute Gasteiger partial charge is 0.340 e. The molecule has 0 aromatic carbocycles. The average molecular weight is 440 g/mol. The SMILES string of the molecule is Cc1nc2c(-c3ccc(C(F)(F)F)nc3)nc(N3CCC(F)(F)CC3)nc2c(=O)n1C. The summed E-state index contributed by atoms with van der Waals surface area (Å²) in [5.41, 5.74) is -1.19. The van der Waals surface area contributed by atoms with Crippen LogP contribution in [-0.4, -0.2) is 43.5 Å². The van der Waals surface area contributed by atoms with Gasteiger partial charge in [-0.15, -0.1) is 0 Å². The number of halogens is 5. The summed E-state index contributed by atoms with van der Waals surface area (Å²) in [5.74, 6) is -2.39. The first-order valence-electron chi connectivity index (χ1n) is 9.38. The zero-order chi connectivity index (χ0) is 22.6. The Morgan fingerprint density at radius 2 is 1.71 bits per heavy atom. The van der Waals surface area contributed by atoms with Crippen molar-refractivity contribution in [3.8, 4) is 11.3 Å². The first kappa shape index (κ1) is 21.1. The van der Waals surface area contributed by atoms with Crippen molar-refractivity contribution in [2.45, 2.75) is 31.9 Å². The van der Waals surface area contributed by atoms with Gasteiger partial charge in [0.15, 0.2) is 5.52 Å². The van der Waals surface area contributed by atoms with Crippen molar-refractivity contribution in [2.75, 3.05) is 18.0 Å². The summed E-state index contributed by atoms with van der Waals surface area (Å²) >= 11 is 0. The van der Waals surface area contributed by atoms with Crippen LogP contribution in [0.1, 0.15) is 24.4 Å². The Morgan fingerprint density at radius 3 is 2.29 bits per heavy atom. The van der Waals surface area contributed by atoms with Crippen LogP contribution in [0.15, 0.2) is 23.1 Å². The van der Waals surface area contributed by atoms with Crippen molar-refractivity contribution in [3.05, 3.63) is 40.2 Å². The maximum Gasteiger partial charge on any atom is 0.433 e. The molecule has 3 aromatic heterocycles. The van der Waals surface area contributed by atoms with Crippen LogP contribution in [0.5, 0.6) is 0 Å². The number of hydrogen-bond acceptors (Lipinski definition) is 6. The van der Waals surface area contributed by atoms with E-state index in [1.807, 2.05) is 0 Å². The molecule has 0 unspecified atom stereocenters. The molecule has 0 N–H and O–H groups in total. The Kier molecular flexibility index (Phi) is 4.90. The lowest BCUT2D eigenvalue weighted by Crippen LogP contribution is -2.40. The fourth-order valence-corrected chi connectivity index (χ4v) is 3.32. The molecule has 0 bridgehead atoms. The number of pyridine rings is 1. The van der Waals surface area contributed by atoms with Gasteiger partial charge >= 0.3 is 6.18 Å². The van der Waals surface area contributed by atoms with Gasteiger partial charge in [-0.25, -0.2) is 23.7 Å². The van der Waals surface area contributed by atoms with E-state index in [-0.39, 0.29) is 41.3 Å². The molecular formula is C19H17F5N6O. The lowest BCUT2D eigenvalue weighted by atomic mass is 10.1. The molecule has 164 valence electrons. The van der Waals surface area contributed by atoms with Crippen LogP contribution in [0.4, 0.5) is 27.9 Å². The number of nitrogens with zero attached hydrogens (tertiary/aromatic N) is 6. The monoisotopic (exact) mass is 440 g/mol. The Bertz CT molecular complexity index is 1200. The molecule has 1 fully saturated rings. The zero-order valence-corrected chi connectivity index (χ0v) is 16.5. The highest BCUT2D eigenvalue weighted by Crippen LogP contribution is 2.33. The number of rotatable bonds is 2.